The van der Waals surface area contributed by atoms with E-state index in [-0.39, 0.29) is 4.90 Å². The van der Waals surface area contributed by atoms with Gasteiger partial charge >= 0.3 is 12.1 Å². The summed E-state index contributed by atoms with van der Waals surface area (Å²) in [6, 6.07) is 3.64. The van der Waals surface area contributed by atoms with Crippen molar-refractivity contribution < 1.29 is 33.3 Å². The summed E-state index contributed by atoms with van der Waals surface area (Å²) in [6.07, 6.45) is -7.54. The number of amides is 1. The van der Waals surface area contributed by atoms with Gasteiger partial charge in [-0.15, -0.1) is 0 Å². The molecule has 0 saturated carbocycles. The normalized spacial score (nSPS) is 16.3. The number of carboxylic acid groups (broad SMARTS) is 1. The number of carboxylic acids is 1. The van der Waals surface area contributed by atoms with E-state index in [2.05, 4.69) is 5.32 Å². The van der Waals surface area contributed by atoms with E-state index in [1.54, 1.807) is 27.7 Å². The SMILES string of the molecule is [3H]C([3H])(CNC(=O)OC(C)(C)C)C([3H])([3H])C[C@H](NS(=O)(=O)c1ccc(C)cc1)C(=O)O. The van der Waals surface area contributed by atoms with Crippen LogP contribution in [0.1, 0.15) is 51.0 Å². The van der Waals surface area contributed by atoms with E-state index >= 15 is 0 Å². The average Bonchev–Trinajstić information content (AvgIpc) is 2.57. The number of rotatable bonds is 9. The van der Waals surface area contributed by atoms with Crippen LogP contribution in [-0.2, 0) is 19.6 Å². The zero-order valence-electron chi connectivity index (χ0n) is 19.7. The van der Waals surface area contributed by atoms with Gasteiger partial charge in [0.25, 0.3) is 0 Å². The first-order valence-corrected chi connectivity index (χ1v) is 9.63. The smallest absolute Gasteiger partial charge is 0.407 e. The van der Waals surface area contributed by atoms with Crippen LogP contribution in [0.3, 0.4) is 0 Å². The summed E-state index contributed by atoms with van der Waals surface area (Å²) in [7, 11) is -4.29. The summed E-state index contributed by atoms with van der Waals surface area (Å²) < 4.78 is 63.8. The first kappa shape index (κ1) is 17.0. The second-order valence-corrected chi connectivity index (χ2v) is 8.45. The molecule has 8 nitrogen and oxygen atoms in total. The topological polar surface area (TPSA) is 122 Å². The third kappa shape index (κ3) is 8.87. The maximum absolute atomic E-state index is 12.5. The molecule has 0 aliphatic rings. The van der Waals surface area contributed by atoms with Crippen LogP contribution in [-0.4, -0.2) is 43.8 Å². The molecule has 9 heteroatoms. The van der Waals surface area contributed by atoms with Gasteiger partial charge in [0.15, 0.2) is 0 Å². The molecule has 0 aliphatic heterocycles. The van der Waals surface area contributed by atoms with Crippen LogP contribution in [0.2, 0.25) is 0 Å². The second kappa shape index (κ2) is 9.70. The molecule has 1 amide bonds. The minimum absolute atomic E-state index is 0.209. The summed E-state index contributed by atoms with van der Waals surface area (Å²) in [5, 5.41) is 11.5. The number of sulfonamides is 1. The van der Waals surface area contributed by atoms with Crippen LogP contribution in [0.15, 0.2) is 29.2 Å². The van der Waals surface area contributed by atoms with Crippen LogP contribution >= 0.6 is 0 Å². The van der Waals surface area contributed by atoms with E-state index in [0.717, 1.165) is 5.56 Å². The van der Waals surface area contributed by atoms with Gasteiger partial charge in [-0.25, -0.2) is 13.2 Å². The third-order valence-electron chi connectivity index (χ3n) is 3.08. The minimum atomic E-state index is -4.29. The molecular formula is C18H28N2O6S. The van der Waals surface area contributed by atoms with Crippen LogP contribution in [0.4, 0.5) is 4.79 Å². The highest BCUT2D eigenvalue weighted by molar-refractivity contribution is 7.89. The monoisotopic (exact) mass is 408 g/mol. The Morgan fingerprint density at radius 1 is 1.22 bits per heavy atom. The van der Waals surface area contributed by atoms with Gasteiger partial charge in [0.2, 0.25) is 10.0 Å². The Kier molecular flexibility index (Phi) is 6.11. The molecule has 3 N–H and O–H groups in total. The molecule has 1 atom stereocenters. The third-order valence-corrected chi connectivity index (χ3v) is 4.57. The van der Waals surface area contributed by atoms with E-state index in [9.17, 15) is 23.1 Å². The lowest BCUT2D eigenvalue weighted by Crippen LogP contribution is -2.40. The summed E-state index contributed by atoms with van der Waals surface area (Å²) >= 11 is 0. The van der Waals surface area contributed by atoms with Crippen molar-refractivity contribution in [2.24, 2.45) is 0 Å². The Hall–Kier alpha value is -2.13. The Bertz CT molecular complexity index is 899. The Labute approximate surface area is 166 Å². The fourth-order valence-corrected chi connectivity index (χ4v) is 3.01. The van der Waals surface area contributed by atoms with Crippen molar-refractivity contribution in [3.8, 4) is 0 Å². The fraction of sp³-hybridized carbons (Fsp3) is 0.556. The molecule has 0 bridgehead atoms. The molecule has 0 heterocycles. The van der Waals surface area contributed by atoms with Crippen LogP contribution < -0.4 is 10.0 Å². The van der Waals surface area contributed by atoms with E-state index in [1.807, 2.05) is 4.72 Å². The lowest BCUT2D eigenvalue weighted by Gasteiger charge is -2.19. The van der Waals surface area contributed by atoms with Gasteiger partial charge in [0.1, 0.15) is 11.6 Å². The molecule has 0 radical (unpaired) electrons. The molecule has 1 aromatic rings. The van der Waals surface area contributed by atoms with E-state index < -0.39 is 59.4 Å². The van der Waals surface area contributed by atoms with Gasteiger partial charge < -0.3 is 15.2 Å². The quantitative estimate of drug-likeness (QED) is 0.577. The number of nitrogens with one attached hydrogen (secondary N) is 2. The molecule has 0 aliphatic carbocycles. The zero-order chi connectivity index (χ0) is 24.3. The molecule has 0 fully saturated rings. The van der Waals surface area contributed by atoms with Crippen molar-refractivity contribution >= 4 is 22.1 Å². The zero-order valence-corrected chi connectivity index (χ0v) is 16.5. The highest BCUT2D eigenvalue weighted by atomic mass is 32.2. The van der Waals surface area contributed by atoms with Crippen molar-refractivity contribution in [3.63, 3.8) is 0 Å². The molecule has 0 aromatic heterocycles. The number of hydrogen-bond acceptors (Lipinski definition) is 5. The summed E-state index contributed by atoms with van der Waals surface area (Å²) in [4.78, 5) is 23.1. The number of carbonyl (C=O) groups excluding carboxylic acids is 1. The number of carbonyl (C=O) groups is 2. The Morgan fingerprint density at radius 3 is 2.33 bits per heavy atom. The minimum Gasteiger partial charge on any atom is -0.480 e. The Balaban J connectivity index is 2.95. The predicted molar refractivity (Wildman–Crippen MR) is 101 cm³/mol. The van der Waals surface area contributed by atoms with Crippen molar-refractivity contribution in [1.82, 2.24) is 10.0 Å². The summed E-state index contributed by atoms with van der Waals surface area (Å²) in [6.45, 7) is 5.71. The molecular weight excluding hydrogens is 372 g/mol. The van der Waals surface area contributed by atoms with Gasteiger partial charge in [-0.3, -0.25) is 4.79 Å². The lowest BCUT2D eigenvalue weighted by atomic mass is 10.1. The molecule has 0 unspecified atom stereocenters. The fourth-order valence-electron chi connectivity index (χ4n) is 1.82. The van der Waals surface area contributed by atoms with Crippen LogP contribution in [0.25, 0.3) is 0 Å². The Morgan fingerprint density at radius 2 is 1.81 bits per heavy atom. The standard InChI is InChI=1S/C18H28N2O6S/c1-13-8-10-14(11-9-13)27(24,25)20-15(16(21)22)7-5-6-12-19-17(23)26-18(2,3)4/h8-11,15,20H,5-7,12H2,1-4H3,(H,19,23)(H,21,22)/t15-/m0/s1/i5T2,6T2. The maximum Gasteiger partial charge on any atom is 0.407 e. The predicted octanol–water partition coefficient (Wildman–Crippen LogP) is 2.42. The van der Waals surface area contributed by atoms with E-state index in [4.69, 9.17) is 10.2 Å². The van der Waals surface area contributed by atoms with Crippen LogP contribution in [0, 0.1) is 6.92 Å². The number of aliphatic carboxylic acids is 1. The average molecular weight is 409 g/mol. The van der Waals surface area contributed by atoms with E-state index in [0.29, 0.717) is 0 Å². The van der Waals surface area contributed by atoms with Gasteiger partial charge in [0.05, 0.1) is 4.90 Å². The van der Waals surface area contributed by atoms with Gasteiger partial charge in [-0.05, 0) is 59.0 Å². The van der Waals surface area contributed by atoms with Gasteiger partial charge in [-0.2, -0.15) is 4.72 Å². The molecule has 1 aromatic carbocycles. The lowest BCUT2D eigenvalue weighted by molar-refractivity contribution is -0.139. The first-order valence-electron chi connectivity index (χ1n) is 10.1. The van der Waals surface area contributed by atoms with Crippen molar-refractivity contribution in [3.05, 3.63) is 29.8 Å². The molecule has 0 spiro atoms. The van der Waals surface area contributed by atoms with Crippen molar-refractivity contribution in [1.29, 1.82) is 0 Å². The maximum atomic E-state index is 12.5. The molecule has 0 saturated heterocycles. The van der Waals surface area contributed by atoms with Gasteiger partial charge in [-0.1, -0.05) is 17.7 Å². The first-order chi connectivity index (χ1) is 13.9. The molecule has 1 rings (SSSR count). The number of hydrogen-bond donors (Lipinski definition) is 3. The molecule has 152 valence electrons. The van der Waals surface area contributed by atoms with Crippen LogP contribution in [0.5, 0.6) is 0 Å². The summed E-state index contributed by atoms with van der Waals surface area (Å²) in [5.41, 5.74) is -0.0610. The number of ether oxygens (including phenoxy) is 1. The second-order valence-electron chi connectivity index (χ2n) is 6.74. The van der Waals surface area contributed by atoms with Crippen molar-refractivity contribution in [2.45, 2.75) is 63.4 Å². The van der Waals surface area contributed by atoms with Crippen molar-refractivity contribution in [2.75, 3.05) is 6.54 Å². The number of benzene rings is 1. The molecule has 27 heavy (non-hydrogen) atoms. The highest BCUT2D eigenvalue weighted by Crippen LogP contribution is 2.12. The number of aryl methyl sites for hydroxylation is 1. The largest absolute Gasteiger partial charge is 0.480 e. The van der Waals surface area contributed by atoms with E-state index in [1.165, 1.54) is 24.3 Å². The highest BCUT2D eigenvalue weighted by Gasteiger charge is 2.25. The summed E-state index contributed by atoms with van der Waals surface area (Å²) in [5.74, 6) is -1.67. The van der Waals surface area contributed by atoms with Gasteiger partial charge in [0, 0.05) is 12.0 Å². The number of alkyl carbamates (subject to hydrolysis) is 1.